The number of rotatable bonds is 5. The van der Waals surface area contributed by atoms with Crippen molar-refractivity contribution in [1.29, 1.82) is 0 Å². The van der Waals surface area contributed by atoms with Gasteiger partial charge in [-0.15, -0.1) is 0 Å². The van der Waals surface area contributed by atoms with Gasteiger partial charge in [0.2, 0.25) is 0 Å². The molecule has 1 aromatic rings. The minimum atomic E-state index is -0.900. The van der Waals surface area contributed by atoms with E-state index in [4.69, 9.17) is 4.74 Å². The van der Waals surface area contributed by atoms with E-state index in [1.807, 2.05) is 34.6 Å². The van der Waals surface area contributed by atoms with Gasteiger partial charge < -0.3 is 9.84 Å². The highest BCUT2D eigenvalue weighted by molar-refractivity contribution is 5.73. The Balaban J connectivity index is 2.97. The Bertz CT molecular complexity index is 412. The molecule has 0 bridgehead atoms. The van der Waals surface area contributed by atoms with Gasteiger partial charge in [0.1, 0.15) is 0 Å². The smallest absolute Gasteiger partial charge is 0.333 e. The van der Waals surface area contributed by atoms with E-state index >= 15 is 0 Å². The second kappa shape index (κ2) is 6.01. The minimum Gasteiger partial charge on any atom is -0.479 e. The van der Waals surface area contributed by atoms with E-state index in [-0.39, 0.29) is 6.10 Å². The number of carboxylic acid groups (broad SMARTS) is 1. The van der Waals surface area contributed by atoms with Crippen LogP contribution >= 0.6 is 0 Å². The molecule has 0 aromatic heterocycles. The fourth-order valence-corrected chi connectivity index (χ4v) is 2.24. The number of aliphatic carboxylic acids is 1. The van der Waals surface area contributed by atoms with Crippen molar-refractivity contribution < 1.29 is 14.6 Å². The van der Waals surface area contributed by atoms with Crippen molar-refractivity contribution in [2.24, 2.45) is 0 Å². The van der Waals surface area contributed by atoms with Crippen LogP contribution in [0.15, 0.2) is 12.1 Å². The van der Waals surface area contributed by atoms with Crippen molar-refractivity contribution in [2.45, 2.75) is 53.2 Å². The molecule has 1 aromatic carbocycles. The predicted octanol–water partition coefficient (Wildman–Crippen LogP) is 3.03. The topological polar surface area (TPSA) is 46.5 Å². The monoisotopic (exact) mass is 250 g/mol. The third kappa shape index (κ3) is 3.84. The standard InChI is InChI=1S/C15H22O3/c1-9(2)18-14(15(16)17)8-13-11(4)6-10(3)7-12(13)5/h6-7,9,14H,8H2,1-5H3,(H,16,17)/t14-/m1/s1. The zero-order valence-electron chi connectivity index (χ0n) is 11.8. The van der Waals surface area contributed by atoms with Gasteiger partial charge in [-0.3, -0.25) is 0 Å². The summed E-state index contributed by atoms with van der Waals surface area (Å²) >= 11 is 0. The van der Waals surface area contributed by atoms with Crippen molar-refractivity contribution >= 4 is 5.97 Å². The molecule has 0 unspecified atom stereocenters. The predicted molar refractivity (Wildman–Crippen MR) is 72.0 cm³/mol. The molecular formula is C15H22O3. The maximum atomic E-state index is 11.2. The third-order valence-electron chi connectivity index (χ3n) is 2.94. The Morgan fingerprint density at radius 3 is 2.11 bits per heavy atom. The third-order valence-corrected chi connectivity index (χ3v) is 2.94. The van der Waals surface area contributed by atoms with Crippen molar-refractivity contribution in [3.63, 3.8) is 0 Å². The van der Waals surface area contributed by atoms with Crippen molar-refractivity contribution in [1.82, 2.24) is 0 Å². The summed E-state index contributed by atoms with van der Waals surface area (Å²) in [7, 11) is 0. The minimum absolute atomic E-state index is 0.0860. The normalized spacial score (nSPS) is 12.8. The van der Waals surface area contributed by atoms with Crippen LogP contribution in [0.4, 0.5) is 0 Å². The molecule has 0 saturated carbocycles. The molecule has 3 heteroatoms. The van der Waals surface area contributed by atoms with Crippen LogP contribution in [0, 0.1) is 20.8 Å². The summed E-state index contributed by atoms with van der Waals surface area (Å²) in [4.78, 5) is 11.2. The summed E-state index contributed by atoms with van der Waals surface area (Å²) in [5.41, 5.74) is 4.54. The summed E-state index contributed by atoms with van der Waals surface area (Å²) in [5.74, 6) is -0.900. The van der Waals surface area contributed by atoms with Crippen molar-refractivity contribution in [2.75, 3.05) is 0 Å². The molecule has 1 N–H and O–H groups in total. The van der Waals surface area contributed by atoms with E-state index in [9.17, 15) is 9.90 Å². The molecule has 18 heavy (non-hydrogen) atoms. The average Bonchev–Trinajstić information content (AvgIpc) is 2.20. The lowest BCUT2D eigenvalue weighted by atomic mass is 9.95. The Morgan fingerprint density at radius 2 is 1.72 bits per heavy atom. The van der Waals surface area contributed by atoms with Crippen LogP contribution in [-0.2, 0) is 16.0 Å². The Morgan fingerprint density at radius 1 is 1.22 bits per heavy atom. The second-order valence-corrected chi connectivity index (χ2v) is 5.09. The van der Waals surface area contributed by atoms with Crippen molar-refractivity contribution in [3.8, 4) is 0 Å². The largest absolute Gasteiger partial charge is 0.479 e. The summed E-state index contributed by atoms with van der Waals surface area (Å²) in [6.07, 6.45) is -0.437. The average molecular weight is 250 g/mol. The van der Waals surface area contributed by atoms with Crippen molar-refractivity contribution in [3.05, 3.63) is 34.4 Å². The highest BCUT2D eigenvalue weighted by atomic mass is 16.5. The SMILES string of the molecule is Cc1cc(C)c(C[C@@H](OC(C)C)C(=O)O)c(C)c1. The molecular weight excluding hydrogens is 228 g/mol. The number of benzene rings is 1. The lowest BCUT2D eigenvalue weighted by Crippen LogP contribution is -2.29. The van der Waals surface area contributed by atoms with Crippen LogP contribution in [0.25, 0.3) is 0 Å². The van der Waals surface area contributed by atoms with Crippen LogP contribution in [0.3, 0.4) is 0 Å². The molecule has 3 nitrogen and oxygen atoms in total. The lowest BCUT2D eigenvalue weighted by Gasteiger charge is -2.19. The van der Waals surface area contributed by atoms with E-state index in [0.717, 1.165) is 16.7 Å². The van der Waals surface area contributed by atoms with Gasteiger partial charge in [0, 0.05) is 6.42 Å². The first-order valence-electron chi connectivity index (χ1n) is 6.26. The molecule has 100 valence electrons. The number of aryl methyl sites for hydroxylation is 3. The van der Waals surface area contributed by atoms with E-state index in [2.05, 4.69) is 12.1 Å². The van der Waals surface area contributed by atoms with Gasteiger partial charge in [0.05, 0.1) is 6.10 Å². The van der Waals surface area contributed by atoms with Gasteiger partial charge in [-0.2, -0.15) is 0 Å². The molecule has 1 atom stereocenters. The van der Waals surface area contributed by atoms with Crippen LogP contribution in [0.5, 0.6) is 0 Å². The maximum Gasteiger partial charge on any atom is 0.333 e. The first kappa shape index (κ1) is 14.7. The van der Waals surface area contributed by atoms with Crippen LogP contribution in [0.2, 0.25) is 0 Å². The molecule has 0 saturated heterocycles. The summed E-state index contributed by atoms with van der Waals surface area (Å²) in [6, 6.07) is 4.16. The van der Waals surface area contributed by atoms with Gasteiger partial charge in [0.25, 0.3) is 0 Å². The van der Waals surface area contributed by atoms with Crippen LogP contribution < -0.4 is 0 Å². The summed E-state index contributed by atoms with van der Waals surface area (Å²) in [6.45, 7) is 9.78. The molecule has 1 rings (SSSR count). The first-order chi connectivity index (χ1) is 8.31. The second-order valence-electron chi connectivity index (χ2n) is 5.09. The fourth-order valence-electron chi connectivity index (χ4n) is 2.24. The zero-order chi connectivity index (χ0) is 13.9. The van der Waals surface area contributed by atoms with E-state index < -0.39 is 12.1 Å². The van der Waals surface area contributed by atoms with E-state index in [1.165, 1.54) is 5.56 Å². The van der Waals surface area contributed by atoms with Gasteiger partial charge in [0.15, 0.2) is 6.10 Å². The lowest BCUT2D eigenvalue weighted by molar-refractivity contribution is -0.153. The fraction of sp³-hybridized carbons (Fsp3) is 0.533. The van der Waals surface area contributed by atoms with E-state index in [0.29, 0.717) is 6.42 Å². The molecule has 0 heterocycles. The van der Waals surface area contributed by atoms with Crippen LogP contribution in [-0.4, -0.2) is 23.3 Å². The number of carboxylic acids is 1. The molecule has 0 aliphatic heterocycles. The van der Waals surface area contributed by atoms with Gasteiger partial charge in [-0.25, -0.2) is 4.79 Å². The summed E-state index contributed by atoms with van der Waals surface area (Å²) < 4.78 is 5.46. The highest BCUT2D eigenvalue weighted by Gasteiger charge is 2.21. The Hall–Kier alpha value is -1.35. The number of hydrogen-bond acceptors (Lipinski definition) is 2. The summed E-state index contributed by atoms with van der Waals surface area (Å²) in [5, 5.41) is 9.19. The molecule has 0 aliphatic carbocycles. The molecule has 0 fully saturated rings. The number of hydrogen-bond donors (Lipinski definition) is 1. The molecule has 0 aliphatic rings. The number of carbonyl (C=O) groups is 1. The maximum absolute atomic E-state index is 11.2. The highest BCUT2D eigenvalue weighted by Crippen LogP contribution is 2.19. The van der Waals surface area contributed by atoms with Crippen LogP contribution in [0.1, 0.15) is 36.1 Å². The van der Waals surface area contributed by atoms with E-state index in [1.54, 1.807) is 0 Å². The molecule has 0 spiro atoms. The zero-order valence-corrected chi connectivity index (χ0v) is 11.8. The molecule has 0 radical (unpaired) electrons. The van der Waals surface area contributed by atoms with Gasteiger partial charge in [-0.05, 0) is 51.3 Å². The Kier molecular flexibility index (Phi) is 4.91. The Labute approximate surface area is 109 Å². The first-order valence-corrected chi connectivity index (χ1v) is 6.26. The van der Waals surface area contributed by atoms with Gasteiger partial charge in [-0.1, -0.05) is 17.7 Å². The quantitative estimate of drug-likeness (QED) is 0.873. The van der Waals surface area contributed by atoms with Gasteiger partial charge >= 0.3 is 5.97 Å². The molecule has 0 amide bonds. The number of ether oxygens (including phenoxy) is 1.